The molecule has 3 rings (SSSR count). The summed E-state index contributed by atoms with van der Waals surface area (Å²) < 4.78 is 7.34. The van der Waals surface area contributed by atoms with Crippen molar-refractivity contribution < 1.29 is 14.3 Å². The molecule has 158 valence electrons. The first-order valence-electron chi connectivity index (χ1n) is 10.0. The molecule has 0 aliphatic carbocycles. The van der Waals surface area contributed by atoms with E-state index in [1.54, 1.807) is 4.90 Å². The number of hydrogen-bond donors (Lipinski definition) is 1. The molecule has 29 heavy (non-hydrogen) atoms. The van der Waals surface area contributed by atoms with Crippen molar-refractivity contribution in [2.24, 2.45) is 5.92 Å². The van der Waals surface area contributed by atoms with Crippen LogP contribution in [0.4, 0.5) is 4.79 Å². The van der Waals surface area contributed by atoms with E-state index in [0.717, 1.165) is 23.4 Å². The van der Waals surface area contributed by atoms with Gasteiger partial charge in [-0.2, -0.15) is 5.10 Å². The average Bonchev–Trinajstić information content (AvgIpc) is 3.32. The Morgan fingerprint density at radius 3 is 2.79 bits per heavy atom. The number of ether oxygens (including phenoxy) is 1. The van der Waals surface area contributed by atoms with E-state index in [9.17, 15) is 9.59 Å². The molecule has 8 heteroatoms. The second kappa shape index (κ2) is 8.57. The van der Waals surface area contributed by atoms with E-state index in [0.29, 0.717) is 23.9 Å². The highest BCUT2D eigenvalue weighted by atomic mass is 32.1. The molecule has 0 radical (unpaired) electrons. The molecule has 2 aromatic heterocycles. The molecule has 1 aliphatic heterocycles. The molecule has 0 aromatic carbocycles. The molecule has 1 N–H and O–H groups in total. The van der Waals surface area contributed by atoms with E-state index in [2.05, 4.69) is 24.3 Å². The van der Waals surface area contributed by atoms with Gasteiger partial charge in [0.2, 0.25) is 0 Å². The fourth-order valence-corrected chi connectivity index (χ4v) is 4.09. The smallest absolute Gasteiger partial charge is 0.410 e. The first-order valence-corrected chi connectivity index (χ1v) is 10.8. The number of amides is 2. The number of aromatic nitrogens is 2. The predicted octanol–water partition coefficient (Wildman–Crippen LogP) is 4.01. The van der Waals surface area contributed by atoms with Crippen molar-refractivity contribution in [3.05, 3.63) is 29.4 Å². The van der Waals surface area contributed by atoms with Gasteiger partial charge in [0.25, 0.3) is 5.91 Å². The van der Waals surface area contributed by atoms with Crippen LogP contribution in [-0.4, -0.2) is 51.4 Å². The van der Waals surface area contributed by atoms with Crippen LogP contribution in [0.2, 0.25) is 0 Å². The predicted molar refractivity (Wildman–Crippen MR) is 114 cm³/mol. The monoisotopic (exact) mass is 418 g/mol. The van der Waals surface area contributed by atoms with Gasteiger partial charge in [-0.05, 0) is 45.2 Å². The highest BCUT2D eigenvalue weighted by Gasteiger charge is 2.30. The van der Waals surface area contributed by atoms with Crippen molar-refractivity contribution in [3.63, 3.8) is 0 Å². The Hall–Kier alpha value is -2.35. The van der Waals surface area contributed by atoms with E-state index >= 15 is 0 Å². The van der Waals surface area contributed by atoms with Gasteiger partial charge >= 0.3 is 6.09 Å². The highest BCUT2D eigenvalue weighted by molar-refractivity contribution is 7.17. The Kier molecular flexibility index (Phi) is 6.31. The molecule has 0 bridgehead atoms. The molecule has 1 aliphatic rings. The number of carbonyl (C=O) groups is 2. The molecule has 0 unspecified atom stereocenters. The summed E-state index contributed by atoms with van der Waals surface area (Å²) in [5.74, 6) is 0.422. The van der Waals surface area contributed by atoms with Crippen LogP contribution in [0.3, 0.4) is 0 Å². The lowest BCUT2D eigenvalue weighted by Gasteiger charge is -2.24. The molecule has 2 amide bonds. The van der Waals surface area contributed by atoms with E-state index in [1.807, 2.05) is 50.0 Å². The molecule has 7 nitrogen and oxygen atoms in total. The number of thiophene rings is 1. The largest absolute Gasteiger partial charge is 0.444 e. The number of nitrogens with zero attached hydrogens (tertiary/aromatic N) is 3. The second-order valence-electron chi connectivity index (χ2n) is 8.89. The molecule has 0 saturated carbocycles. The third kappa shape index (κ3) is 5.82. The molecule has 1 fully saturated rings. The van der Waals surface area contributed by atoms with Gasteiger partial charge in [0.05, 0.1) is 11.1 Å². The first kappa shape index (κ1) is 21.4. The lowest BCUT2D eigenvalue weighted by atomic mass is 10.2. The van der Waals surface area contributed by atoms with Crippen molar-refractivity contribution in [2.45, 2.75) is 59.2 Å². The summed E-state index contributed by atoms with van der Waals surface area (Å²) in [4.78, 5) is 28.2. The summed E-state index contributed by atoms with van der Waals surface area (Å²) >= 11 is 1.45. The van der Waals surface area contributed by atoms with Gasteiger partial charge < -0.3 is 15.0 Å². The number of nitrogens with one attached hydrogen (secondary N) is 1. The van der Waals surface area contributed by atoms with Gasteiger partial charge in [0.15, 0.2) is 0 Å². The Labute approximate surface area is 176 Å². The van der Waals surface area contributed by atoms with Crippen LogP contribution < -0.4 is 5.32 Å². The van der Waals surface area contributed by atoms with Crippen LogP contribution >= 0.6 is 11.3 Å². The van der Waals surface area contributed by atoms with Gasteiger partial charge in [-0.25, -0.2) is 4.79 Å². The van der Waals surface area contributed by atoms with Crippen molar-refractivity contribution in [1.29, 1.82) is 0 Å². The Morgan fingerprint density at radius 2 is 2.10 bits per heavy atom. The maximum atomic E-state index is 12.6. The molecule has 0 spiro atoms. The SMILES string of the molecule is CC(C)Cn1cc(-c2ccc(C(=O)N[C@@H]3CCN(C(=O)OC(C)(C)C)C3)s2)cn1. The summed E-state index contributed by atoms with van der Waals surface area (Å²) in [6.45, 7) is 11.8. The van der Waals surface area contributed by atoms with Crippen LogP contribution in [-0.2, 0) is 11.3 Å². The zero-order valence-corrected chi connectivity index (χ0v) is 18.6. The third-order valence-electron chi connectivity index (χ3n) is 4.47. The maximum absolute atomic E-state index is 12.6. The van der Waals surface area contributed by atoms with Crippen molar-refractivity contribution in [2.75, 3.05) is 13.1 Å². The van der Waals surface area contributed by atoms with E-state index < -0.39 is 5.60 Å². The number of carbonyl (C=O) groups excluding carboxylic acids is 2. The summed E-state index contributed by atoms with van der Waals surface area (Å²) in [6, 6.07) is 3.74. The fourth-order valence-electron chi connectivity index (χ4n) is 3.21. The Bertz CT molecular complexity index is 865. The maximum Gasteiger partial charge on any atom is 0.410 e. The molecule has 1 atom stereocenters. The zero-order chi connectivity index (χ0) is 21.2. The van der Waals surface area contributed by atoms with Crippen molar-refractivity contribution >= 4 is 23.3 Å². The lowest BCUT2D eigenvalue weighted by molar-refractivity contribution is 0.0290. The van der Waals surface area contributed by atoms with Crippen LogP contribution in [0.1, 0.15) is 50.7 Å². The van der Waals surface area contributed by atoms with Gasteiger partial charge in [-0.15, -0.1) is 11.3 Å². The number of likely N-dealkylation sites (tertiary alicyclic amines) is 1. The summed E-state index contributed by atoms with van der Waals surface area (Å²) in [6.07, 6.45) is 4.26. The third-order valence-corrected chi connectivity index (χ3v) is 5.61. The molecule has 1 saturated heterocycles. The lowest BCUT2D eigenvalue weighted by Crippen LogP contribution is -2.40. The van der Waals surface area contributed by atoms with Gasteiger partial charge in [0, 0.05) is 42.3 Å². The fraction of sp³-hybridized carbons (Fsp3) is 0.571. The van der Waals surface area contributed by atoms with Crippen molar-refractivity contribution in [1.82, 2.24) is 20.0 Å². The molecular formula is C21H30N4O3S. The summed E-state index contributed by atoms with van der Waals surface area (Å²) in [7, 11) is 0. The molecular weight excluding hydrogens is 388 g/mol. The van der Waals surface area contributed by atoms with E-state index in [1.165, 1.54) is 11.3 Å². The standard InChI is InChI=1S/C21H30N4O3S/c1-14(2)11-25-12-15(10-22-25)17-6-7-18(29-17)19(26)23-16-8-9-24(13-16)20(27)28-21(3,4)5/h6-7,10,12,14,16H,8-9,11,13H2,1-5H3,(H,23,26)/t16-/m1/s1. The zero-order valence-electron chi connectivity index (χ0n) is 17.8. The van der Waals surface area contributed by atoms with Gasteiger partial charge in [-0.1, -0.05) is 13.8 Å². The van der Waals surface area contributed by atoms with Gasteiger partial charge in [0.1, 0.15) is 5.60 Å². The minimum Gasteiger partial charge on any atom is -0.444 e. The number of rotatable bonds is 5. The molecule has 3 heterocycles. The van der Waals surface area contributed by atoms with Crippen LogP contribution in [0.15, 0.2) is 24.5 Å². The van der Waals surface area contributed by atoms with E-state index in [4.69, 9.17) is 4.74 Å². The summed E-state index contributed by atoms with van der Waals surface area (Å²) in [5.41, 5.74) is 0.501. The number of hydrogen-bond acceptors (Lipinski definition) is 5. The normalized spacial score (nSPS) is 17.0. The Balaban J connectivity index is 1.56. The minimum absolute atomic E-state index is 0.0608. The minimum atomic E-state index is -0.519. The van der Waals surface area contributed by atoms with E-state index in [-0.39, 0.29) is 18.0 Å². The summed E-state index contributed by atoms with van der Waals surface area (Å²) in [5, 5.41) is 7.43. The Morgan fingerprint density at radius 1 is 1.34 bits per heavy atom. The highest BCUT2D eigenvalue weighted by Crippen LogP contribution is 2.28. The van der Waals surface area contributed by atoms with Gasteiger partial charge in [-0.3, -0.25) is 9.48 Å². The van der Waals surface area contributed by atoms with Crippen LogP contribution in [0.5, 0.6) is 0 Å². The van der Waals surface area contributed by atoms with Crippen LogP contribution in [0, 0.1) is 5.92 Å². The topological polar surface area (TPSA) is 76.5 Å². The second-order valence-corrected chi connectivity index (χ2v) is 9.98. The van der Waals surface area contributed by atoms with Crippen molar-refractivity contribution in [3.8, 4) is 10.4 Å². The quantitative estimate of drug-likeness (QED) is 0.796. The first-order chi connectivity index (χ1) is 13.6. The average molecular weight is 419 g/mol. The van der Waals surface area contributed by atoms with Crippen LogP contribution in [0.25, 0.3) is 10.4 Å². The molecule has 2 aromatic rings.